The molecule has 0 saturated carbocycles. The van der Waals surface area contributed by atoms with Crippen LogP contribution in [0.15, 0.2) is 22.7 Å². The zero-order valence-corrected chi connectivity index (χ0v) is 11.0. The van der Waals surface area contributed by atoms with Gasteiger partial charge in [0.2, 0.25) is 0 Å². The topological polar surface area (TPSA) is 41.1 Å². The summed E-state index contributed by atoms with van der Waals surface area (Å²) in [4.78, 5) is 11.5. The maximum atomic E-state index is 12.9. The Morgan fingerprint density at radius 2 is 2.00 bits per heavy atom. The van der Waals surface area contributed by atoms with Gasteiger partial charge in [-0.25, -0.2) is 9.18 Å². The number of carbonyl (C=O) groups excluding carboxylic acids is 1. The minimum atomic E-state index is -0.359. The molecule has 0 aliphatic heterocycles. The summed E-state index contributed by atoms with van der Waals surface area (Å²) in [6.45, 7) is 5.65. The van der Waals surface area contributed by atoms with Crippen molar-refractivity contribution in [1.29, 1.82) is 0 Å². The van der Waals surface area contributed by atoms with Crippen LogP contribution in [0.4, 0.5) is 14.9 Å². The molecule has 0 aliphatic rings. The van der Waals surface area contributed by atoms with Gasteiger partial charge in [0.1, 0.15) is 5.82 Å². The Kier molecular flexibility index (Phi) is 3.91. The minimum Gasteiger partial charge on any atom is -0.333 e. The third kappa shape index (κ3) is 4.18. The molecule has 2 amide bonds. The fourth-order valence-corrected chi connectivity index (χ4v) is 1.46. The van der Waals surface area contributed by atoms with Crippen LogP contribution in [-0.4, -0.2) is 11.6 Å². The van der Waals surface area contributed by atoms with Gasteiger partial charge in [0.05, 0.1) is 4.47 Å². The van der Waals surface area contributed by atoms with E-state index in [0.29, 0.717) is 10.2 Å². The molecule has 0 fully saturated rings. The maximum absolute atomic E-state index is 12.9. The third-order valence-electron chi connectivity index (χ3n) is 1.67. The normalized spacial score (nSPS) is 11.1. The standard InChI is InChI=1S/C11H14BrFN2O/c1-11(2,3)15-10(16)14-7-4-5-9(13)8(12)6-7/h4-6H,1-3H3,(H2,14,15,16). The third-order valence-corrected chi connectivity index (χ3v) is 2.27. The van der Waals surface area contributed by atoms with E-state index in [1.54, 1.807) is 0 Å². The number of benzene rings is 1. The molecule has 1 rings (SSSR count). The van der Waals surface area contributed by atoms with Crippen LogP contribution in [0.1, 0.15) is 20.8 Å². The Morgan fingerprint density at radius 3 is 2.50 bits per heavy atom. The molecule has 0 aliphatic carbocycles. The number of hydrogen-bond acceptors (Lipinski definition) is 1. The molecule has 0 heterocycles. The number of amides is 2. The highest BCUT2D eigenvalue weighted by molar-refractivity contribution is 9.10. The highest BCUT2D eigenvalue weighted by Crippen LogP contribution is 2.19. The first kappa shape index (κ1) is 13.0. The summed E-state index contributed by atoms with van der Waals surface area (Å²) in [6, 6.07) is 3.99. The Labute approximate surface area is 103 Å². The van der Waals surface area contributed by atoms with Crippen molar-refractivity contribution in [3.05, 3.63) is 28.5 Å². The van der Waals surface area contributed by atoms with Gasteiger partial charge in [-0.05, 0) is 54.9 Å². The van der Waals surface area contributed by atoms with Crippen molar-refractivity contribution in [2.75, 3.05) is 5.32 Å². The van der Waals surface area contributed by atoms with Gasteiger partial charge in [-0.2, -0.15) is 0 Å². The van der Waals surface area contributed by atoms with Crippen molar-refractivity contribution in [2.45, 2.75) is 26.3 Å². The summed E-state index contributed by atoms with van der Waals surface area (Å²) in [6.07, 6.45) is 0. The predicted molar refractivity (Wildman–Crippen MR) is 66.0 cm³/mol. The van der Waals surface area contributed by atoms with Crippen LogP contribution in [0, 0.1) is 5.82 Å². The van der Waals surface area contributed by atoms with Gasteiger partial charge in [-0.1, -0.05) is 0 Å². The van der Waals surface area contributed by atoms with E-state index in [2.05, 4.69) is 26.6 Å². The molecule has 0 radical (unpaired) electrons. The SMILES string of the molecule is CC(C)(C)NC(=O)Nc1ccc(F)c(Br)c1. The molecule has 0 bridgehead atoms. The van der Waals surface area contributed by atoms with Crippen molar-refractivity contribution in [1.82, 2.24) is 5.32 Å². The molecule has 88 valence electrons. The lowest BCUT2D eigenvalue weighted by Crippen LogP contribution is -2.43. The number of hydrogen-bond donors (Lipinski definition) is 2. The second-order valence-electron chi connectivity index (χ2n) is 4.46. The summed E-state index contributed by atoms with van der Waals surface area (Å²) in [5.74, 6) is -0.359. The van der Waals surface area contributed by atoms with Crippen LogP contribution in [0.2, 0.25) is 0 Å². The van der Waals surface area contributed by atoms with Gasteiger partial charge >= 0.3 is 6.03 Å². The maximum Gasteiger partial charge on any atom is 0.319 e. The summed E-state index contributed by atoms with van der Waals surface area (Å²) < 4.78 is 13.3. The Bertz CT molecular complexity index is 401. The first-order chi connectivity index (χ1) is 7.28. The van der Waals surface area contributed by atoms with E-state index < -0.39 is 0 Å². The number of carbonyl (C=O) groups is 1. The van der Waals surface area contributed by atoms with Crippen LogP contribution < -0.4 is 10.6 Å². The fourth-order valence-electron chi connectivity index (χ4n) is 1.08. The summed E-state index contributed by atoms with van der Waals surface area (Å²) in [5.41, 5.74) is 0.233. The van der Waals surface area contributed by atoms with Crippen molar-refractivity contribution >= 4 is 27.6 Å². The Balaban J connectivity index is 2.67. The Hall–Kier alpha value is -1.10. The van der Waals surface area contributed by atoms with E-state index in [-0.39, 0.29) is 17.4 Å². The molecule has 0 unspecified atom stereocenters. The average molecular weight is 289 g/mol. The first-order valence-corrected chi connectivity index (χ1v) is 5.61. The van der Waals surface area contributed by atoms with Crippen molar-refractivity contribution in [2.24, 2.45) is 0 Å². The van der Waals surface area contributed by atoms with E-state index in [4.69, 9.17) is 0 Å². The molecule has 0 atom stereocenters. The van der Waals surface area contributed by atoms with E-state index >= 15 is 0 Å². The molecule has 0 saturated heterocycles. The number of rotatable bonds is 1. The monoisotopic (exact) mass is 288 g/mol. The number of anilines is 1. The lowest BCUT2D eigenvalue weighted by Gasteiger charge is -2.20. The molecule has 1 aromatic rings. The fraction of sp³-hybridized carbons (Fsp3) is 0.364. The first-order valence-electron chi connectivity index (χ1n) is 4.82. The average Bonchev–Trinajstić information content (AvgIpc) is 2.08. The summed E-state index contributed by atoms with van der Waals surface area (Å²) in [7, 11) is 0. The van der Waals surface area contributed by atoms with Crippen molar-refractivity contribution in [3.63, 3.8) is 0 Å². The van der Waals surface area contributed by atoms with Gasteiger partial charge in [-0.3, -0.25) is 0 Å². The Morgan fingerprint density at radius 1 is 1.38 bits per heavy atom. The van der Waals surface area contributed by atoms with Crippen LogP contribution in [-0.2, 0) is 0 Å². The zero-order chi connectivity index (χ0) is 12.3. The second-order valence-corrected chi connectivity index (χ2v) is 5.31. The molecule has 16 heavy (non-hydrogen) atoms. The van der Waals surface area contributed by atoms with Gasteiger partial charge in [0.25, 0.3) is 0 Å². The van der Waals surface area contributed by atoms with Crippen LogP contribution >= 0.6 is 15.9 Å². The largest absolute Gasteiger partial charge is 0.333 e. The van der Waals surface area contributed by atoms with E-state index in [0.717, 1.165) is 0 Å². The molecule has 5 heteroatoms. The van der Waals surface area contributed by atoms with E-state index in [1.807, 2.05) is 20.8 Å². The van der Waals surface area contributed by atoms with Crippen LogP contribution in [0.25, 0.3) is 0 Å². The molecule has 2 N–H and O–H groups in total. The van der Waals surface area contributed by atoms with Crippen molar-refractivity contribution in [3.8, 4) is 0 Å². The minimum absolute atomic E-state index is 0.304. The smallest absolute Gasteiger partial charge is 0.319 e. The number of urea groups is 1. The van der Waals surface area contributed by atoms with Gasteiger partial charge < -0.3 is 10.6 Å². The number of halogens is 2. The van der Waals surface area contributed by atoms with Gasteiger partial charge in [0, 0.05) is 11.2 Å². The summed E-state index contributed by atoms with van der Waals surface area (Å²) in [5, 5.41) is 5.36. The zero-order valence-electron chi connectivity index (χ0n) is 9.40. The number of nitrogens with one attached hydrogen (secondary N) is 2. The molecular weight excluding hydrogens is 275 g/mol. The predicted octanol–water partition coefficient (Wildman–Crippen LogP) is 3.51. The lowest BCUT2D eigenvalue weighted by molar-refractivity contribution is 0.244. The molecule has 0 spiro atoms. The molecule has 1 aromatic carbocycles. The molecular formula is C11H14BrFN2O. The lowest BCUT2D eigenvalue weighted by atomic mass is 10.1. The van der Waals surface area contributed by atoms with Crippen LogP contribution in [0.5, 0.6) is 0 Å². The van der Waals surface area contributed by atoms with Crippen molar-refractivity contribution < 1.29 is 9.18 Å². The second kappa shape index (κ2) is 4.82. The quantitative estimate of drug-likeness (QED) is 0.816. The highest BCUT2D eigenvalue weighted by Gasteiger charge is 2.13. The van der Waals surface area contributed by atoms with Gasteiger partial charge in [-0.15, -0.1) is 0 Å². The highest BCUT2D eigenvalue weighted by atomic mass is 79.9. The molecule has 3 nitrogen and oxygen atoms in total. The summed E-state index contributed by atoms with van der Waals surface area (Å²) >= 11 is 3.05. The van der Waals surface area contributed by atoms with E-state index in [9.17, 15) is 9.18 Å². The molecule has 0 aromatic heterocycles. The van der Waals surface area contributed by atoms with Gasteiger partial charge in [0.15, 0.2) is 0 Å². The van der Waals surface area contributed by atoms with Crippen LogP contribution in [0.3, 0.4) is 0 Å². The van der Waals surface area contributed by atoms with E-state index in [1.165, 1.54) is 18.2 Å².